The van der Waals surface area contributed by atoms with Crippen LogP contribution >= 0.6 is 0 Å². The molecule has 0 N–H and O–H groups in total. The Morgan fingerprint density at radius 1 is 1.11 bits per heavy atom. The van der Waals surface area contributed by atoms with Crippen molar-refractivity contribution in [2.45, 2.75) is 39.4 Å². The summed E-state index contributed by atoms with van der Waals surface area (Å²) in [5, 5.41) is 0. The third-order valence-corrected chi connectivity index (χ3v) is 6.60. The van der Waals surface area contributed by atoms with Gasteiger partial charge in [0.15, 0.2) is 17.2 Å². The van der Waals surface area contributed by atoms with Gasteiger partial charge in [-0.15, -0.1) is 0 Å². The Morgan fingerprint density at radius 3 is 2.74 bits per heavy atom. The predicted octanol–water partition coefficient (Wildman–Crippen LogP) is 4.16. The van der Waals surface area contributed by atoms with Crippen LogP contribution in [0.2, 0.25) is 0 Å². The van der Waals surface area contributed by atoms with Crippen LogP contribution in [0.4, 0.5) is 4.39 Å². The van der Waals surface area contributed by atoms with E-state index < -0.39 is 0 Å². The van der Waals surface area contributed by atoms with Gasteiger partial charge in [0.2, 0.25) is 12.7 Å². The highest BCUT2D eigenvalue weighted by Crippen LogP contribution is 2.33. The van der Waals surface area contributed by atoms with Crippen molar-refractivity contribution in [1.29, 1.82) is 0 Å². The second-order valence-corrected chi connectivity index (χ2v) is 9.43. The minimum Gasteiger partial charge on any atom is -0.466 e. The molecule has 1 atom stereocenters. The molecule has 9 nitrogen and oxygen atoms in total. The van der Waals surface area contributed by atoms with Crippen LogP contribution in [0.5, 0.6) is 11.5 Å². The summed E-state index contributed by atoms with van der Waals surface area (Å²) in [5.41, 5.74) is 1.97. The van der Waals surface area contributed by atoms with E-state index >= 15 is 0 Å². The molecule has 1 aromatic heterocycles. The number of esters is 1. The molecule has 2 aromatic carbocycles. The summed E-state index contributed by atoms with van der Waals surface area (Å²) in [7, 11) is 0. The van der Waals surface area contributed by atoms with E-state index in [-0.39, 0.29) is 36.1 Å². The zero-order chi connectivity index (χ0) is 26.5. The Labute approximate surface area is 220 Å². The Morgan fingerprint density at radius 2 is 1.92 bits per heavy atom. The molecule has 0 aliphatic carbocycles. The number of amides is 1. The van der Waals surface area contributed by atoms with Crippen molar-refractivity contribution in [2.24, 2.45) is 5.92 Å². The molecule has 2 aliphatic rings. The number of piperidine rings is 1. The van der Waals surface area contributed by atoms with E-state index in [0.717, 1.165) is 17.5 Å². The summed E-state index contributed by atoms with van der Waals surface area (Å²) in [6.45, 7) is 4.36. The standard InChI is InChI=1S/C28H30FN3O6/c1-2-35-28(34)21-6-4-10-32(15-21)27(33)23-17-36-26(30-23)16-31(13-19-5-3-7-22(29)11-19)14-20-8-9-24-25(12-20)38-18-37-24/h3,5,7-9,11-12,17,21H,2,4,6,10,13-16,18H2,1H3/t21-/m0/s1. The zero-order valence-electron chi connectivity index (χ0n) is 21.2. The van der Waals surface area contributed by atoms with E-state index in [9.17, 15) is 14.0 Å². The minimum absolute atomic E-state index is 0.191. The zero-order valence-corrected chi connectivity index (χ0v) is 21.2. The van der Waals surface area contributed by atoms with Crippen LogP contribution in [-0.4, -0.2) is 53.1 Å². The number of benzene rings is 2. The van der Waals surface area contributed by atoms with Crippen LogP contribution in [0.25, 0.3) is 0 Å². The molecular weight excluding hydrogens is 493 g/mol. The van der Waals surface area contributed by atoms with Gasteiger partial charge in [0, 0.05) is 26.2 Å². The number of hydrogen-bond donors (Lipinski definition) is 0. The van der Waals surface area contributed by atoms with Crippen molar-refractivity contribution in [1.82, 2.24) is 14.8 Å². The predicted molar refractivity (Wildman–Crippen MR) is 134 cm³/mol. The fourth-order valence-electron chi connectivity index (χ4n) is 4.81. The minimum atomic E-state index is -0.331. The highest BCUT2D eigenvalue weighted by molar-refractivity contribution is 5.92. The summed E-state index contributed by atoms with van der Waals surface area (Å²) in [6, 6.07) is 12.2. The molecule has 0 radical (unpaired) electrons. The van der Waals surface area contributed by atoms with Crippen molar-refractivity contribution in [3.63, 3.8) is 0 Å². The van der Waals surface area contributed by atoms with Crippen LogP contribution in [-0.2, 0) is 29.2 Å². The number of halogens is 1. The Kier molecular flexibility index (Phi) is 7.88. The Balaban J connectivity index is 1.29. The lowest BCUT2D eigenvalue weighted by Gasteiger charge is -2.30. The normalized spacial score (nSPS) is 16.6. The molecule has 0 unspecified atom stereocenters. The lowest BCUT2D eigenvalue weighted by Crippen LogP contribution is -2.43. The van der Waals surface area contributed by atoms with E-state index in [2.05, 4.69) is 4.98 Å². The highest BCUT2D eigenvalue weighted by atomic mass is 19.1. The fraction of sp³-hybridized carbons (Fsp3) is 0.393. The van der Waals surface area contributed by atoms with Gasteiger partial charge in [-0.25, -0.2) is 9.37 Å². The second-order valence-electron chi connectivity index (χ2n) is 9.43. The third-order valence-electron chi connectivity index (χ3n) is 6.60. The van der Waals surface area contributed by atoms with Crippen LogP contribution in [0, 0.1) is 11.7 Å². The van der Waals surface area contributed by atoms with Crippen LogP contribution in [0.15, 0.2) is 53.1 Å². The molecule has 1 amide bonds. The maximum absolute atomic E-state index is 13.9. The van der Waals surface area contributed by atoms with Crippen LogP contribution < -0.4 is 9.47 Å². The quantitative estimate of drug-likeness (QED) is 0.386. The topological polar surface area (TPSA) is 94.3 Å². The summed E-state index contributed by atoms with van der Waals surface area (Å²) < 4.78 is 35.6. The van der Waals surface area contributed by atoms with Crippen LogP contribution in [0.1, 0.15) is 47.3 Å². The van der Waals surface area contributed by atoms with Crippen molar-refractivity contribution in [2.75, 3.05) is 26.5 Å². The van der Waals surface area contributed by atoms with Gasteiger partial charge in [0.25, 0.3) is 5.91 Å². The van der Waals surface area contributed by atoms with Gasteiger partial charge in [0.05, 0.1) is 19.1 Å². The summed E-state index contributed by atoms with van der Waals surface area (Å²) >= 11 is 0. The SMILES string of the molecule is CCOC(=O)[C@H]1CCCN(C(=O)c2coc(CN(Cc3cccc(F)c3)Cc3ccc4c(c3)OCO4)n2)C1. The molecular formula is C28H30FN3O6. The van der Waals surface area contributed by atoms with E-state index in [4.69, 9.17) is 18.6 Å². The van der Waals surface area contributed by atoms with Gasteiger partial charge in [-0.2, -0.15) is 0 Å². The van der Waals surface area contributed by atoms with Gasteiger partial charge < -0.3 is 23.5 Å². The van der Waals surface area contributed by atoms with Gasteiger partial charge >= 0.3 is 5.97 Å². The number of rotatable bonds is 9. The first kappa shape index (κ1) is 25.7. The number of ether oxygens (including phenoxy) is 3. The number of likely N-dealkylation sites (tertiary alicyclic amines) is 1. The maximum atomic E-state index is 13.9. The molecule has 200 valence electrons. The summed E-state index contributed by atoms with van der Waals surface area (Å²) in [4.78, 5) is 33.4. The fourth-order valence-corrected chi connectivity index (χ4v) is 4.81. The number of oxazole rings is 1. The van der Waals surface area contributed by atoms with E-state index in [0.29, 0.717) is 63.1 Å². The third kappa shape index (κ3) is 6.13. The molecule has 5 rings (SSSR count). The molecule has 3 heterocycles. The largest absolute Gasteiger partial charge is 0.466 e. The van der Waals surface area contributed by atoms with E-state index in [1.165, 1.54) is 18.4 Å². The lowest BCUT2D eigenvalue weighted by atomic mass is 9.98. The average molecular weight is 524 g/mol. The molecule has 0 bridgehead atoms. The van der Waals surface area contributed by atoms with Gasteiger partial charge in [0.1, 0.15) is 12.1 Å². The van der Waals surface area contributed by atoms with Crippen molar-refractivity contribution < 1.29 is 32.6 Å². The number of aromatic nitrogens is 1. The molecule has 0 saturated carbocycles. The first-order chi connectivity index (χ1) is 18.5. The molecule has 1 saturated heterocycles. The van der Waals surface area contributed by atoms with Crippen molar-refractivity contribution in [3.8, 4) is 11.5 Å². The van der Waals surface area contributed by atoms with Crippen molar-refractivity contribution >= 4 is 11.9 Å². The first-order valence-electron chi connectivity index (χ1n) is 12.7. The van der Waals surface area contributed by atoms with E-state index in [1.54, 1.807) is 17.9 Å². The second kappa shape index (κ2) is 11.6. The van der Waals surface area contributed by atoms with Crippen LogP contribution in [0.3, 0.4) is 0 Å². The highest BCUT2D eigenvalue weighted by Gasteiger charge is 2.31. The average Bonchev–Trinajstić information content (AvgIpc) is 3.58. The Hall–Kier alpha value is -3.92. The number of carbonyl (C=O) groups is 2. The van der Waals surface area contributed by atoms with E-state index in [1.807, 2.05) is 29.2 Å². The number of nitrogens with zero attached hydrogens (tertiary/aromatic N) is 3. The monoisotopic (exact) mass is 523 g/mol. The Bertz CT molecular complexity index is 1300. The molecule has 2 aliphatic heterocycles. The molecule has 0 spiro atoms. The number of hydrogen-bond acceptors (Lipinski definition) is 8. The molecule has 1 fully saturated rings. The lowest BCUT2D eigenvalue weighted by molar-refractivity contribution is -0.149. The maximum Gasteiger partial charge on any atom is 0.310 e. The molecule has 3 aromatic rings. The number of fused-ring (bicyclic) bond motifs is 1. The first-order valence-corrected chi connectivity index (χ1v) is 12.7. The molecule has 38 heavy (non-hydrogen) atoms. The van der Waals surface area contributed by atoms with Gasteiger partial charge in [-0.1, -0.05) is 18.2 Å². The summed E-state index contributed by atoms with van der Waals surface area (Å²) in [6.07, 6.45) is 2.77. The number of carbonyl (C=O) groups excluding carboxylic acids is 2. The van der Waals surface area contributed by atoms with Gasteiger partial charge in [-0.3, -0.25) is 14.5 Å². The van der Waals surface area contributed by atoms with Gasteiger partial charge in [-0.05, 0) is 55.2 Å². The smallest absolute Gasteiger partial charge is 0.310 e. The summed E-state index contributed by atoms with van der Waals surface area (Å²) in [5.74, 6) is 0.553. The van der Waals surface area contributed by atoms with Crippen molar-refractivity contribution in [3.05, 3.63) is 77.3 Å². The molecule has 10 heteroatoms.